The molecule has 0 unspecified atom stereocenters. The van der Waals surface area contributed by atoms with Gasteiger partial charge in [-0.3, -0.25) is 4.90 Å². The summed E-state index contributed by atoms with van der Waals surface area (Å²) in [6.45, 7) is 7.00. The van der Waals surface area contributed by atoms with Crippen LogP contribution < -0.4 is 0 Å². The van der Waals surface area contributed by atoms with Crippen LogP contribution in [0.4, 0.5) is 0 Å². The van der Waals surface area contributed by atoms with Crippen LogP contribution in [-0.4, -0.2) is 22.6 Å². The molecule has 0 saturated heterocycles. The van der Waals surface area contributed by atoms with Crippen LogP contribution in [0.15, 0.2) is 24.3 Å². The molecular formula is C16H25NO. The Bertz CT molecular complexity index is 354. The molecule has 0 aliphatic heterocycles. The lowest BCUT2D eigenvalue weighted by Crippen LogP contribution is -2.27. The van der Waals surface area contributed by atoms with Crippen molar-refractivity contribution in [3.8, 4) is 0 Å². The van der Waals surface area contributed by atoms with E-state index in [1.165, 1.54) is 31.4 Å². The Labute approximate surface area is 111 Å². The second-order valence-electron chi connectivity index (χ2n) is 5.86. The van der Waals surface area contributed by atoms with E-state index in [-0.39, 0.29) is 6.61 Å². The molecule has 0 spiro atoms. The third-order valence-corrected chi connectivity index (χ3v) is 3.65. The number of aliphatic hydroxyl groups is 1. The molecule has 0 atom stereocenters. The molecule has 0 radical (unpaired) electrons. The van der Waals surface area contributed by atoms with Gasteiger partial charge in [0.05, 0.1) is 6.61 Å². The molecular weight excluding hydrogens is 222 g/mol. The van der Waals surface area contributed by atoms with Crippen molar-refractivity contribution in [2.75, 3.05) is 6.54 Å². The van der Waals surface area contributed by atoms with Gasteiger partial charge in [0.2, 0.25) is 0 Å². The van der Waals surface area contributed by atoms with Crippen LogP contribution in [0.5, 0.6) is 0 Å². The van der Waals surface area contributed by atoms with Gasteiger partial charge in [0.25, 0.3) is 0 Å². The molecule has 2 heteroatoms. The molecule has 0 bridgehead atoms. The van der Waals surface area contributed by atoms with E-state index in [1.807, 2.05) is 12.1 Å². The minimum absolute atomic E-state index is 0.139. The number of benzene rings is 1. The van der Waals surface area contributed by atoms with E-state index in [0.717, 1.165) is 24.1 Å². The summed E-state index contributed by atoms with van der Waals surface area (Å²) in [6, 6.07) is 9.18. The number of hydrogen-bond acceptors (Lipinski definition) is 2. The van der Waals surface area contributed by atoms with Crippen molar-refractivity contribution in [1.82, 2.24) is 4.90 Å². The van der Waals surface area contributed by atoms with Crippen LogP contribution in [0.1, 0.15) is 44.2 Å². The van der Waals surface area contributed by atoms with Gasteiger partial charge >= 0.3 is 0 Å². The average molecular weight is 247 g/mol. The number of hydrogen-bond donors (Lipinski definition) is 1. The summed E-state index contributed by atoms with van der Waals surface area (Å²) in [5.41, 5.74) is 2.36. The zero-order valence-electron chi connectivity index (χ0n) is 11.6. The van der Waals surface area contributed by atoms with Crippen molar-refractivity contribution in [1.29, 1.82) is 0 Å². The van der Waals surface area contributed by atoms with Crippen molar-refractivity contribution < 1.29 is 5.11 Å². The van der Waals surface area contributed by atoms with Crippen LogP contribution in [0, 0.1) is 5.92 Å². The lowest BCUT2D eigenvalue weighted by molar-refractivity contribution is 0.239. The summed E-state index contributed by atoms with van der Waals surface area (Å²) in [6.07, 6.45) is 4.02. The predicted molar refractivity (Wildman–Crippen MR) is 75.3 cm³/mol. The largest absolute Gasteiger partial charge is 0.392 e. The molecule has 18 heavy (non-hydrogen) atoms. The van der Waals surface area contributed by atoms with E-state index in [0.29, 0.717) is 0 Å². The molecule has 0 amide bonds. The highest BCUT2D eigenvalue weighted by atomic mass is 16.3. The van der Waals surface area contributed by atoms with E-state index in [2.05, 4.69) is 30.9 Å². The first-order valence-electron chi connectivity index (χ1n) is 7.11. The number of rotatable bonds is 7. The van der Waals surface area contributed by atoms with Gasteiger partial charge in [0.1, 0.15) is 0 Å². The molecule has 1 fully saturated rings. The van der Waals surface area contributed by atoms with E-state index in [4.69, 9.17) is 5.11 Å². The molecule has 1 saturated carbocycles. The Morgan fingerprint density at radius 1 is 1.17 bits per heavy atom. The fraction of sp³-hybridized carbons (Fsp3) is 0.625. The minimum Gasteiger partial charge on any atom is -0.392 e. The Kier molecular flexibility index (Phi) is 4.79. The van der Waals surface area contributed by atoms with Crippen molar-refractivity contribution in [3.63, 3.8) is 0 Å². The van der Waals surface area contributed by atoms with E-state index in [1.54, 1.807) is 0 Å². The second kappa shape index (κ2) is 6.35. The van der Waals surface area contributed by atoms with Gasteiger partial charge in [0.15, 0.2) is 0 Å². The summed E-state index contributed by atoms with van der Waals surface area (Å²) >= 11 is 0. The highest BCUT2D eigenvalue weighted by Crippen LogP contribution is 2.28. The van der Waals surface area contributed by atoms with Gasteiger partial charge in [-0.2, -0.15) is 0 Å². The quantitative estimate of drug-likeness (QED) is 0.800. The highest BCUT2D eigenvalue weighted by Gasteiger charge is 2.28. The molecule has 0 heterocycles. The molecule has 2 rings (SSSR count). The molecule has 2 nitrogen and oxygen atoms in total. The maximum atomic E-state index is 9.04. The van der Waals surface area contributed by atoms with Gasteiger partial charge in [-0.05, 0) is 42.9 Å². The third kappa shape index (κ3) is 4.11. The Morgan fingerprint density at radius 2 is 1.78 bits per heavy atom. The van der Waals surface area contributed by atoms with Crippen LogP contribution in [0.3, 0.4) is 0 Å². The summed E-state index contributed by atoms with van der Waals surface area (Å²) < 4.78 is 0. The summed E-state index contributed by atoms with van der Waals surface area (Å²) in [4.78, 5) is 2.62. The second-order valence-corrected chi connectivity index (χ2v) is 5.86. The van der Waals surface area contributed by atoms with E-state index >= 15 is 0 Å². The van der Waals surface area contributed by atoms with Crippen molar-refractivity contribution in [2.45, 2.75) is 52.3 Å². The van der Waals surface area contributed by atoms with Crippen molar-refractivity contribution >= 4 is 0 Å². The molecule has 1 aromatic carbocycles. The van der Waals surface area contributed by atoms with Crippen LogP contribution in [-0.2, 0) is 13.2 Å². The van der Waals surface area contributed by atoms with Gasteiger partial charge in [-0.25, -0.2) is 0 Å². The van der Waals surface area contributed by atoms with Crippen LogP contribution in [0.2, 0.25) is 0 Å². The highest BCUT2D eigenvalue weighted by molar-refractivity contribution is 5.22. The first-order chi connectivity index (χ1) is 8.69. The van der Waals surface area contributed by atoms with Gasteiger partial charge in [-0.15, -0.1) is 0 Å². The molecule has 0 aromatic heterocycles. The van der Waals surface area contributed by atoms with Gasteiger partial charge in [0, 0.05) is 12.6 Å². The van der Waals surface area contributed by atoms with E-state index in [9.17, 15) is 0 Å². The van der Waals surface area contributed by atoms with Gasteiger partial charge in [-0.1, -0.05) is 38.1 Å². The fourth-order valence-corrected chi connectivity index (χ4v) is 2.24. The predicted octanol–water partition coefficient (Wildman–Crippen LogP) is 3.19. The SMILES string of the molecule is CC(C)CCN(Cc1ccc(CO)cc1)C1CC1. The van der Waals surface area contributed by atoms with Crippen LogP contribution in [0.25, 0.3) is 0 Å². The zero-order valence-corrected chi connectivity index (χ0v) is 11.6. The normalized spacial score (nSPS) is 15.6. The number of aliphatic hydroxyl groups excluding tert-OH is 1. The first-order valence-corrected chi connectivity index (χ1v) is 7.11. The molecule has 100 valence electrons. The maximum absolute atomic E-state index is 9.04. The number of nitrogens with zero attached hydrogens (tertiary/aromatic N) is 1. The van der Waals surface area contributed by atoms with Crippen LogP contribution >= 0.6 is 0 Å². The van der Waals surface area contributed by atoms with Crippen molar-refractivity contribution in [2.24, 2.45) is 5.92 Å². The molecule has 1 aliphatic carbocycles. The summed E-state index contributed by atoms with van der Waals surface area (Å²) in [5.74, 6) is 0.781. The molecule has 1 N–H and O–H groups in total. The van der Waals surface area contributed by atoms with E-state index < -0.39 is 0 Å². The maximum Gasteiger partial charge on any atom is 0.0681 e. The Balaban J connectivity index is 1.90. The van der Waals surface area contributed by atoms with Gasteiger partial charge < -0.3 is 5.11 Å². The Hall–Kier alpha value is -0.860. The average Bonchev–Trinajstić information content (AvgIpc) is 3.19. The summed E-state index contributed by atoms with van der Waals surface area (Å²) in [7, 11) is 0. The standard InChI is InChI=1S/C16H25NO/c1-13(2)9-10-17(16-7-8-16)11-14-3-5-15(12-18)6-4-14/h3-6,13,16,18H,7-12H2,1-2H3. The Morgan fingerprint density at radius 3 is 2.28 bits per heavy atom. The third-order valence-electron chi connectivity index (χ3n) is 3.65. The minimum atomic E-state index is 0.139. The lowest BCUT2D eigenvalue weighted by atomic mass is 10.1. The fourth-order valence-electron chi connectivity index (χ4n) is 2.24. The summed E-state index contributed by atoms with van der Waals surface area (Å²) in [5, 5.41) is 9.04. The first kappa shape index (κ1) is 13.6. The molecule has 1 aliphatic rings. The lowest BCUT2D eigenvalue weighted by Gasteiger charge is -2.23. The van der Waals surface area contributed by atoms with Crippen molar-refractivity contribution in [3.05, 3.63) is 35.4 Å². The topological polar surface area (TPSA) is 23.5 Å². The smallest absolute Gasteiger partial charge is 0.0681 e. The zero-order chi connectivity index (χ0) is 13.0. The monoisotopic (exact) mass is 247 g/mol. The molecule has 1 aromatic rings.